The second-order valence-electron chi connectivity index (χ2n) is 6.08. The van der Waals surface area contributed by atoms with Gasteiger partial charge in [-0.1, -0.05) is 18.2 Å². The van der Waals surface area contributed by atoms with Crippen LogP contribution in [0.3, 0.4) is 0 Å². The van der Waals surface area contributed by atoms with Gasteiger partial charge in [-0.3, -0.25) is 0 Å². The quantitative estimate of drug-likeness (QED) is 0.716. The standard InChI is InChI=1S/C21H18N2O3S/c1-25-16-9-7-15(8-10-16)19-13-18-20(27-19)21(24)23(14-22-18)11-12-26-17-5-3-2-4-6-17/h2-10,13-14H,11-12H2,1H3/p+1. The minimum atomic E-state index is 0.0430. The van der Waals surface area contributed by atoms with E-state index in [1.165, 1.54) is 11.3 Å². The number of para-hydroxylation sites is 1. The van der Waals surface area contributed by atoms with Crippen molar-refractivity contribution >= 4 is 29.3 Å². The second kappa shape index (κ2) is 7.73. The number of carbonyl (C=O) groups is 1. The normalized spacial score (nSPS) is 15.4. The number of thiophene rings is 1. The number of amides is 1. The molecule has 1 atom stereocenters. The van der Waals surface area contributed by atoms with E-state index in [9.17, 15) is 4.79 Å². The Morgan fingerprint density at radius 2 is 1.81 bits per heavy atom. The molecular weight excluding hydrogens is 360 g/mol. The van der Waals surface area contributed by atoms with Crippen molar-refractivity contribution in [3.8, 4) is 21.9 Å². The minimum absolute atomic E-state index is 0.0430. The number of ether oxygens (including phenoxy) is 2. The molecule has 1 N–H and O–H groups in total. The topological polar surface area (TPSA) is 52.3 Å². The molecule has 136 valence electrons. The van der Waals surface area contributed by atoms with Gasteiger partial charge in [0.25, 0.3) is 0 Å². The van der Waals surface area contributed by atoms with Gasteiger partial charge in [-0.25, -0.2) is 14.7 Å². The van der Waals surface area contributed by atoms with Crippen molar-refractivity contribution in [1.82, 2.24) is 0 Å². The van der Waals surface area contributed by atoms with Crippen LogP contribution in [-0.2, 0) is 0 Å². The molecule has 2 heterocycles. The van der Waals surface area contributed by atoms with E-state index in [4.69, 9.17) is 9.47 Å². The maximum Gasteiger partial charge on any atom is 0.362 e. The molecular formula is C21H19N2O3S+. The largest absolute Gasteiger partial charge is 0.497 e. The van der Waals surface area contributed by atoms with E-state index >= 15 is 0 Å². The maximum atomic E-state index is 12.8. The summed E-state index contributed by atoms with van der Waals surface area (Å²) in [5.74, 6) is 1.65. The average Bonchev–Trinajstić information content (AvgIpc) is 3.16. The van der Waals surface area contributed by atoms with E-state index in [2.05, 4.69) is 4.99 Å². The van der Waals surface area contributed by atoms with Gasteiger partial charge < -0.3 is 9.47 Å². The third-order valence-electron chi connectivity index (χ3n) is 4.33. The number of hydrogen-bond donors (Lipinski definition) is 1. The Labute approximate surface area is 161 Å². The third-order valence-corrected chi connectivity index (χ3v) is 5.50. The number of fused-ring (bicyclic) bond motifs is 1. The molecule has 3 aromatic rings. The zero-order chi connectivity index (χ0) is 18.6. The molecule has 1 unspecified atom stereocenters. The van der Waals surface area contributed by atoms with Crippen molar-refractivity contribution in [1.29, 1.82) is 0 Å². The maximum absolute atomic E-state index is 12.8. The lowest BCUT2D eigenvalue weighted by atomic mass is 10.2. The van der Waals surface area contributed by atoms with Crippen LogP contribution in [0, 0.1) is 0 Å². The van der Waals surface area contributed by atoms with E-state index in [1.54, 1.807) is 13.4 Å². The summed E-state index contributed by atoms with van der Waals surface area (Å²) < 4.78 is 10.9. The second-order valence-corrected chi connectivity index (χ2v) is 7.13. The number of hydrogen-bond acceptors (Lipinski definition) is 5. The van der Waals surface area contributed by atoms with Crippen molar-refractivity contribution < 1.29 is 19.2 Å². The molecule has 0 fully saturated rings. The van der Waals surface area contributed by atoms with Gasteiger partial charge in [0, 0.05) is 4.88 Å². The fourth-order valence-electron chi connectivity index (χ4n) is 2.86. The first kappa shape index (κ1) is 17.5. The Bertz CT molecular complexity index is 965. The highest BCUT2D eigenvalue weighted by Crippen LogP contribution is 2.37. The molecule has 27 heavy (non-hydrogen) atoms. The number of carbonyl (C=O) groups excluding carboxylic acids is 1. The molecule has 1 aliphatic rings. The Morgan fingerprint density at radius 3 is 2.56 bits per heavy atom. The number of aliphatic imine (C=N–C) groups is 1. The number of nitrogens with one attached hydrogen (secondary N) is 1. The first-order chi connectivity index (χ1) is 13.2. The lowest BCUT2D eigenvalue weighted by Gasteiger charge is -2.14. The van der Waals surface area contributed by atoms with Crippen molar-refractivity contribution in [2.45, 2.75) is 0 Å². The molecule has 1 aromatic heterocycles. The lowest BCUT2D eigenvalue weighted by molar-refractivity contribution is -0.706. The van der Waals surface area contributed by atoms with Gasteiger partial charge in [0.2, 0.25) is 0 Å². The molecule has 0 bridgehead atoms. The molecule has 0 spiro atoms. The van der Waals surface area contributed by atoms with Gasteiger partial charge in [-0.05, 0) is 48.0 Å². The van der Waals surface area contributed by atoms with Gasteiger partial charge in [0.1, 0.15) is 24.7 Å². The zero-order valence-corrected chi connectivity index (χ0v) is 15.7. The van der Waals surface area contributed by atoms with Crippen LogP contribution in [0.5, 0.6) is 11.5 Å². The molecule has 0 radical (unpaired) electrons. The lowest BCUT2D eigenvalue weighted by Crippen LogP contribution is -3.14. The van der Waals surface area contributed by atoms with E-state index in [0.717, 1.165) is 27.6 Å². The van der Waals surface area contributed by atoms with Crippen molar-refractivity contribution in [3.63, 3.8) is 0 Å². The molecule has 6 heteroatoms. The predicted octanol–water partition coefficient (Wildman–Crippen LogP) is 3.20. The van der Waals surface area contributed by atoms with Crippen LogP contribution in [0.1, 0.15) is 9.67 Å². The number of methoxy groups -OCH3 is 1. The molecule has 5 nitrogen and oxygen atoms in total. The summed E-state index contributed by atoms with van der Waals surface area (Å²) in [5, 5.41) is 0. The Hall–Kier alpha value is -2.96. The highest BCUT2D eigenvalue weighted by Gasteiger charge is 2.30. The fraction of sp³-hybridized carbons (Fsp3) is 0.143. The summed E-state index contributed by atoms with van der Waals surface area (Å²) in [6, 6.07) is 19.4. The third kappa shape index (κ3) is 3.77. The van der Waals surface area contributed by atoms with Crippen LogP contribution in [0.2, 0.25) is 0 Å². The summed E-state index contributed by atoms with van der Waals surface area (Å²) in [4.78, 5) is 19.7. The minimum Gasteiger partial charge on any atom is -0.497 e. The number of rotatable bonds is 6. The average molecular weight is 379 g/mol. The van der Waals surface area contributed by atoms with E-state index in [0.29, 0.717) is 22.9 Å². The number of quaternary nitrogens is 1. The molecule has 0 saturated heterocycles. The SMILES string of the molecule is COc1ccc(-c2cc3c(s2)C(=O)[NH+](CCOc2ccccc2)C=N3)cc1. The van der Waals surface area contributed by atoms with Crippen LogP contribution in [-0.4, -0.2) is 32.5 Å². The zero-order valence-electron chi connectivity index (χ0n) is 14.8. The van der Waals surface area contributed by atoms with Crippen molar-refractivity contribution in [2.75, 3.05) is 20.3 Å². The number of benzene rings is 2. The Kier molecular flexibility index (Phi) is 5.00. The van der Waals surface area contributed by atoms with E-state index in [1.807, 2.05) is 60.7 Å². The summed E-state index contributed by atoms with van der Waals surface area (Å²) in [6.07, 6.45) is 1.67. The van der Waals surface area contributed by atoms with Crippen LogP contribution >= 0.6 is 11.3 Å². The van der Waals surface area contributed by atoms with Crippen molar-refractivity contribution in [3.05, 3.63) is 65.5 Å². The van der Waals surface area contributed by atoms with E-state index < -0.39 is 0 Å². The van der Waals surface area contributed by atoms with Gasteiger partial charge in [-0.15, -0.1) is 11.3 Å². The fourth-order valence-corrected chi connectivity index (χ4v) is 3.95. The predicted molar refractivity (Wildman–Crippen MR) is 107 cm³/mol. The monoisotopic (exact) mass is 379 g/mol. The van der Waals surface area contributed by atoms with Gasteiger partial charge >= 0.3 is 5.91 Å². The summed E-state index contributed by atoms with van der Waals surface area (Å²) >= 11 is 1.48. The highest BCUT2D eigenvalue weighted by atomic mass is 32.1. The molecule has 4 rings (SSSR count). The molecule has 0 saturated carbocycles. The molecule has 1 aliphatic heterocycles. The Morgan fingerprint density at radius 1 is 1.04 bits per heavy atom. The van der Waals surface area contributed by atoms with Gasteiger partial charge in [-0.2, -0.15) is 0 Å². The van der Waals surface area contributed by atoms with Crippen LogP contribution < -0.4 is 14.4 Å². The number of nitrogens with zero attached hydrogens (tertiary/aromatic N) is 1. The first-order valence-electron chi connectivity index (χ1n) is 8.65. The van der Waals surface area contributed by atoms with Gasteiger partial charge in [0.05, 0.1) is 12.8 Å². The van der Waals surface area contributed by atoms with Crippen LogP contribution in [0.4, 0.5) is 5.69 Å². The van der Waals surface area contributed by atoms with Crippen molar-refractivity contribution in [2.24, 2.45) is 4.99 Å². The molecule has 2 aromatic carbocycles. The van der Waals surface area contributed by atoms with Gasteiger partial charge in [0.15, 0.2) is 11.2 Å². The summed E-state index contributed by atoms with van der Waals surface area (Å²) in [5.41, 5.74) is 1.79. The first-order valence-corrected chi connectivity index (χ1v) is 9.47. The summed E-state index contributed by atoms with van der Waals surface area (Å²) in [7, 11) is 1.64. The highest BCUT2D eigenvalue weighted by molar-refractivity contribution is 7.18. The molecule has 0 aliphatic carbocycles. The van der Waals surface area contributed by atoms with Crippen LogP contribution in [0.15, 0.2) is 65.7 Å². The van der Waals surface area contributed by atoms with E-state index in [-0.39, 0.29) is 5.91 Å². The smallest absolute Gasteiger partial charge is 0.362 e. The summed E-state index contributed by atoms with van der Waals surface area (Å²) in [6.45, 7) is 0.982. The Balaban J connectivity index is 1.45. The molecule has 1 amide bonds. The van der Waals surface area contributed by atoms with Crippen LogP contribution in [0.25, 0.3) is 10.4 Å².